The molecule has 3 rings (SSSR count). The summed E-state index contributed by atoms with van der Waals surface area (Å²) in [5.41, 5.74) is 1.27. The van der Waals surface area contributed by atoms with E-state index in [9.17, 15) is 0 Å². The second-order valence-corrected chi connectivity index (χ2v) is 6.67. The third-order valence-corrected chi connectivity index (χ3v) is 5.25. The molecule has 0 amide bonds. The fourth-order valence-corrected chi connectivity index (χ4v) is 3.99. The molecule has 21 heavy (non-hydrogen) atoms. The van der Waals surface area contributed by atoms with E-state index >= 15 is 0 Å². The summed E-state index contributed by atoms with van der Waals surface area (Å²) < 4.78 is 5.23. The van der Waals surface area contributed by atoms with E-state index in [0.717, 1.165) is 24.3 Å². The zero-order valence-electron chi connectivity index (χ0n) is 13.3. The van der Waals surface area contributed by atoms with Gasteiger partial charge in [-0.15, -0.1) is 0 Å². The third-order valence-electron chi connectivity index (χ3n) is 5.25. The summed E-state index contributed by atoms with van der Waals surface area (Å²) in [5.74, 6) is 1.87. The fourth-order valence-electron chi connectivity index (χ4n) is 3.99. The van der Waals surface area contributed by atoms with Gasteiger partial charge in [-0.05, 0) is 55.9 Å². The Kier molecular flexibility index (Phi) is 4.69. The Morgan fingerprint density at radius 1 is 1.10 bits per heavy atom. The highest BCUT2D eigenvalue weighted by atomic mass is 16.5. The number of methoxy groups -OCH3 is 1. The molecule has 116 valence electrons. The molecular formula is C18H28N2O. The molecule has 0 radical (unpaired) electrons. The van der Waals surface area contributed by atoms with Crippen molar-refractivity contribution in [3.8, 4) is 5.75 Å². The molecule has 2 fully saturated rings. The average molecular weight is 288 g/mol. The molecule has 3 unspecified atom stereocenters. The number of nitrogens with zero attached hydrogens (tertiary/aromatic N) is 1. The maximum atomic E-state index is 5.23. The van der Waals surface area contributed by atoms with Crippen molar-refractivity contribution in [3.05, 3.63) is 24.3 Å². The van der Waals surface area contributed by atoms with E-state index in [2.05, 4.69) is 29.4 Å². The van der Waals surface area contributed by atoms with E-state index < -0.39 is 0 Å². The van der Waals surface area contributed by atoms with Crippen molar-refractivity contribution in [3.63, 3.8) is 0 Å². The van der Waals surface area contributed by atoms with Gasteiger partial charge in [0.15, 0.2) is 0 Å². The molecule has 0 bridgehead atoms. The summed E-state index contributed by atoms with van der Waals surface area (Å²) in [6.45, 7) is 1.09. The summed E-state index contributed by atoms with van der Waals surface area (Å²) in [6, 6.07) is 9.78. The van der Waals surface area contributed by atoms with Crippen LogP contribution in [0, 0.1) is 5.92 Å². The maximum absolute atomic E-state index is 5.23. The summed E-state index contributed by atoms with van der Waals surface area (Å²) in [6.07, 6.45) is 8.42. The van der Waals surface area contributed by atoms with Gasteiger partial charge in [0, 0.05) is 31.4 Å². The summed E-state index contributed by atoms with van der Waals surface area (Å²) in [4.78, 5) is 2.36. The quantitative estimate of drug-likeness (QED) is 0.918. The molecular weight excluding hydrogens is 260 g/mol. The van der Waals surface area contributed by atoms with Crippen molar-refractivity contribution >= 4 is 5.69 Å². The minimum atomic E-state index is 0.636. The number of hydrogen-bond acceptors (Lipinski definition) is 3. The van der Waals surface area contributed by atoms with Crippen LogP contribution in [0.3, 0.4) is 0 Å². The van der Waals surface area contributed by atoms with Gasteiger partial charge in [0.2, 0.25) is 0 Å². The Morgan fingerprint density at radius 2 is 1.86 bits per heavy atom. The van der Waals surface area contributed by atoms with Crippen LogP contribution in [0.5, 0.6) is 5.75 Å². The third kappa shape index (κ3) is 3.52. The van der Waals surface area contributed by atoms with Gasteiger partial charge in [0.25, 0.3) is 0 Å². The van der Waals surface area contributed by atoms with Crippen molar-refractivity contribution in [2.45, 2.75) is 50.6 Å². The predicted octanol–water partition coefficient (Wildman–Crippen LogP) is 3.44. The zero-order chi connectivity index (χ0) is 14.7. The summed E-state index contributed by atoms with van der Waals surface area (Å²) >= 11 is 0. The van der Waals surface area contributed by atoms with Crippen molar-refractivity contribution < 1.29 is 4.74 Å². The zero-order valence-corrected chi connectivity index (χ0v) is 13.3. The monoisotopic (exact) mass is 288 g/mol. The minimum absolute atomic E-state index is 0.636. The molecule has 1 aromatic rings. The van der Waals surface area contributed by atoms with Gasteiger partial charge >= 0.3 is 0 Å². The standard InChI is InChI=1S/C18H28N2O/c1-20(16-9-11-17(21-2)12-10-16)13-15-8-7-14-5-3-4-6-18(14)19-15/h9-12,14-15,18-19H,3-8,13H2,1-2H3. The van der Waals surface area contributed by atoms with Gasteiger partial charge in [0.05, 0.1) is 7.11 Å². The van der Waals surface area contributed by atoms with E-state index in [4.69, 9.17) is 4.74 Å². The normalized spacial score (nSPS) is 28.8. The van der Waals surface area contributed by atoms with E-state index in [1.807, 2.05) is 12.1 Å². The first kappa shape index (κ1) is 14.7. The lowest BCUT2D eigenvalue weighted by molar-refractivity contribution is 0.178. The van der Waals surface area contributed by atoms with Gasteiger partial charge in [-0.2, -0.15) is 0 Å². The highest BCUT2D eigenvalue weighted by Crippen LogP contribution is 2.32. The van der Waals surface area contributed by atoms with Crippen LogP contribution in [0.15, 0.2) is 24.3 Å². The number of benzene rings is 1. The topological polar surface area (TPSA) is 24.5 Å². The number of ether oxygens (including phenoxy) is 1. The molecule has 0 aromatic heterocycles. The van der Waals surface area contributed by atoms with Crippen LogP contribution in [-0.2, 0) is 0 Å². The number of piperidine rings is 1. The van der Waals surface area contributed by atoms with Crippen molar-refractivity contribution in [1.82, 2.24) is 5.32 Å². The van der Waals surface area contributed by atoms with Gasteiger partial charge in [-0.1, -0.05) is 12.8 Å². The Bertz CT molecular complexity index is 445. The van der Waals surface area contributed by atoms with Crippen LogP contribution in [0.1, 0.15) is 38.5 Å². The Hall–Kier alpha value is -1.22. The van der Waals surface area contributed by atoms with E-state index in [0.29, 0.717) is 6.04 Å². The second kappa shape index (κ2) is 6.69. The Balaban J connectivity index is 1.55. The van der Waals surface area contributed by atoms with E-state index in [1.165, 1.54) is 44.2 Å². The lowest BCUT2D eigenvalue weighted by Gasteiger charge is -2.41. The first-order valence-electron chi connectivity index (χ1n) is 8.37. The molecule has 1 aliphatic heterocycles. The number of nitrogens with one attached hydrogen (secondary N) is 1. The van der Waals surface area contributed by atoms with Crippen LogP contribution in [0.25, 0.3) is 0 Å². The Morgan fingerprint density at radius 3 is 2.62 bits per heavy atom. The molecule has 1 N–H and O–H groups in total. The van der Waals surface area contributed by atoms with Gasteiger partial charge < -0.3 is 15.0 Å². The van der Waals surface area contributed by atoms with E-state index in [1.54, 1.807) is 7.11 Å². The van der Waals surface area contributed by atoms with Crippen LogP contribution in [-0.4, -0.2) is 32.8 Å². The average Bonchev–Trinajstić information content (AvgIpc) is 2.55. The molecule has 3 heteroatoms. The lowest BCUT2D eigenvalue weighted by atomic mass is 9.78. The minimum Gasteiger partial charge on any atom is -0.497 e. The lowest BCUT2D eigenvalue weighted by Crippen LogP contribution is -2.52. The maximum Gasteiger partial charge on any atom is 0.119 e. The van der Waals surface area contributed by atoms with Crippen LogP contribution < -0.4 is 15.0 Å². The van der Waals surface area contributed by atoms with Gasteiger partial charge in [0.1, 0.15) is 5.75 Å². The summed E-state index contributed by atoms with van der Waals surface area (Å²) in [5, 5.41) is 3.91. The number of rotatable bonds is 4. The number of fused-ring (bicyclic) bond motifs is 1. The number of likely N-dealkylation sites (N-methyl/N-ethyl adjacent to an activating group) is 1. The molecule has 1 heterocycles. The van der Waals surface area contributed by atoms with Crippen LogP contribution >= 0.6 is 0 Å². The van der Waals surface area contributed by atoms with Crippen molar-refractivity contribution in [1.29, 1.82) is 0 Å². The van der Waals surface area contributed by atoms with Gasteiger partial charge in [-0.3, -0.25) is 0 Å². The molecule has 3 nitrogen and oxygen atoms in total. The van der Waals surface area contributed by atoms with E-state index in [-0.39, 0.29) is 0 Å². The number of hydrogen-bond donors (Lipinski definition) is 1. The molecule has 1 aromatic carbocycles. The molecule has 2 aliphatic rings. The molecule has 1 aliphatic carbocycles. The first-order valence-corrected chi connectivity index (χ1v) is 8.37. The molecule has 1 saturated heterocycles. The van der Waals surface area contributed by atoms with Gasteiger partial charge in [-0.25, -0.2) is 0 Å². The molecule has 3 atom stereocenters. The molecule has 0 spiro atoms. The molecule has 1 saturated carbocycles. The second-order valence-electron chi connectivity index (χ2n) is 6.67. The van der Waals surface area contributed by atoms with Crippen LogP contribution in [0.4, 0.5) is 5.69 Å². The highest BCUT2D eigenvalue weighted by molar-refractivity contribution is 5.48. The summed E-state index contributed by atoms with van der Waals surface area (Å²) in [7, 11) is 3.90. The fraction of sp³-hybridized carbons (Fsp3) is 0.667. The Labute approximate surface area is 128 Å². The predicted molar refractivity (Wildman–Crippen MR) is 88.2 cm³/mol. The largest absolute Gasteiger partial charge is 0.497 e. The highest BCUT2D eigenvalue weighted by Gasteiger charge is 2.31. The van der Waals surface area contributed by atoms with Crippen LogP contribution in [0.2, 0.25) is 0 Å². The van der Waals surface area contributed by atoms with Crippen molar-refractivity contribution in [2.24, 2.45) is 5.92 Å². The smallest absolute Gasteiger partial charge is 0.119 e. The SMILES string of the molecule is COc1ccc(N(C)CC2CCC3CCCCC3N2)cc1. The first-order chi connectivity index (χ1) is 10.3. The number of anilines is 1. The van der Waals surface area contributed by atoms with Crippen molar-refractivity contribution in [2.75, 3.05) is 25.6 Å².